The number of sulfonamides is 1. The van der Waals surface area contributed by atoms with Crippen LogP contribution in [0.1, 0.15) is 0 Å². The highest BCUT2D eigenvalue weighted by Gasteiger charge is 2.47. The lowest BCUT2D eigenvalue weighted by molar-refractivity contribution is -0.0435. The van der Waals surface area contributed by atoms with Gasteiger partial charge in [0.05, 0.1) is 0 Å². The van der Waals surface area contributed by atoms with Crippen LogP contribution in [0.2, 0.25) is 0 Å². The van der Waals surface area contributed by atoms with Gasteiger partial charge in [0, 0.05) is 12.2 Å². The molecule has 73 valence electrons. The fourth-order valence-electron chi connectivity index (χ4n) is 0.186. The van der Waals surface area contributed by atoms with Crippen molar-refractivity contribution in [3.8, 4) is 0 Å². The topological polar surface area (TPSA) is 87.0 Å². The van der Waals surface area contributed by atoms with Crippen molar-refractivity contribution in [2.24, 2.45) is 4.15 Å². The zero-order chi connectivity index (χ0) is 10.2. The van der Waals surface area contributed by atoms with Crippen LogP contribution in [-0.2, 0) is 10.0 Å². The molecule has 0 atom stereocenters. The summed E-state index contributed by atoms with van der Waals surface area (Å²) in [6, 6.07) is 0. The van der Waals surface area contributed by atoms with Gasteiger partial charge in [-0.2, -0.15) is 21.6 Å². The Hall–Kier alpha value is 0.240. The minimum absolute atomic E-state index is 1.70. The van der Waals surface area contributed by atoms with E-state index in [0.717, 1.165) is 0 Å². The minimum atomic E-state index is -5.89. The molecule has 0 fully saturated rings. The molecule has 11 heteroatoms. The number of alkyl halides is 3. The SMILES string of the molecule is O=S(=O)(N=P(O)(O)[S])C(F)(F)F. The quantitative estimate of drug-likeness (QED) is 0.672. The third-order valence-electron chi connectivity index (χ3n) is 0.506. The van der Waals surface area contributed by atoms with E-state index in [9.17, 15) is 21.6 Å². The molecule has 0 aliphatic rings. The van der Waals surface area contributed by atoms with Crippen LogP contribution >= 0.6 is 19.0 Å². The Balaban J connectivity index is 5.23. The molecular weight excluding hydrogens is 242 g/mol. The molecule has 0 bridgehead atoms. The average molecular weight is 244 g/mol. The first-order valence-corrected chi connectivity index (χ1v) is 6.17. The van der Waals surface area contributed by atoms with Gasteiger partial charge in [-0.3, -0.25) is 0 Å². The third-order valence-corrected chi connectivity index (χ3v) is 3.40. The van der Waals surface area contributed by atoms with E-state index in [4.69, 9.17) is 9.79 Å². The molecule has 2 N–H and O–H groups in total. The maximum absolute atomic E-state index is 11.4. The Morgan fingerprint density at radius 2 is 1.67 bits per heavy atom. The molecule has 0 unspecified atom stereocenters. The molecule has 0 aromatic heterocycles. The van der Waals surface area contributed by atoms with Gasteiger partial charge in [0.1, 0.15) is 0 Å². The van der Waals surface area contributed by atoms with E-state index in [-0.39, 0.29) is 0 Å². The number of halogens is 3. The van der Waals surface area contributed by atoms with Gasteiger partial charge >= 0.3 is 15.5 Å². The molecular formula is CH2F3NO4PS2. The first kappa shape index (κ1) is 12.2. The molecule has 0 aromatic rings. The first-order chi connectivity index (χ1) is 4.96. The zero-order valence-corrected chi connectivity index (χ0v) is 7.58. The lowest BCUT2D eigenvalue weighted by Gasteiger charge is -2.04. The van der Waals surface area contributed by atoms with Crippen molar-refractivity contribution in [2.45, 2.75) is 5.51 Å². The van der Waals surface area contributed by atoms with Crippen molar-refractivity contribution in [1.29, 1.82) is 0 Å². The van der Waals surface area contributed by atoms with Crippen LogP contribution in [0.5, 0.6) is 0 Å². The van der Waals surface area contributed by atoms with Gasteiger partial charge < -0.3 is 9.79 Å². The molecule has 0 heterocycles. The van der Waals surface area contributed by atoms with Crippen LogP contribution in [0.3, 0.4) is 0 Å². The van der Waals surface area contributed by atoms with E-state index in [2.05, 4.69) is 12.2 Å². The van der Waals surface area contributed by atoms with Crippen LogP contribution < -0.4 is 0 Å². The monoisotopic (exact) mass is 244 g/mol. The standard InChI is InChI=1S/CH2F3NO4PS2/c2-1(3,4)12(8,9)5-10(6,7)11/h6-7H. The second-order valence-corrected chi connectivity index (χ2v) is 6.08. The Bertz CT molecular complexity index is 303. The second kappa shape index (κ2) is 3.18. The molecule has 0 spiro atoms. The van der Waals surface area contributed by atoms with Crippen LogP contribution in [-0.4, -0.2) is 23.7 Å². The van der Waals surface area contributed by atoms with Crippen LogP contribution in [0, 0.1) is 0 Å². The minimum Gasteiger partial charge on any atom is -0.331 e. The Labute approximate surface area is 70.7 Å². The van der Waals surface area contributed by atoms with E-state index >= 15 is 0 Å². The third kappa shape index (κ3) is 3.76. The number of hydrogen-bond acceptors (Lipinski definition) is 2. The van der Waals surface area contributed by atoms with Crippen molar-refractivity contribution in [3.63, 3.8) is 0 Å². The van der Waals surface area contributed by atoms with Crippen molar-refractivity contribution in [2.75, 3.05) is 0 Å². The van der Waals surface area contributed by atoms with E-state index in [1.807, 2.05) is 0 Å². The Morgan fingerprint density at radius 3 is 1.75 bits per heavy atom. The van der Waals surface area contributed by atoms with E-state index < -0.39 is 22.2 Å². The van der Waals surface area contributed by atoms with Crippen molar-refractivity contribution < 1.29 is 31.4 Å². The first-order valence-electron chi connectivity index (χ1n) is 2.07. The molecule has 0 aliphatic heterocycles. The van der Waals surface area contributed by atoms with E-state index in [1.54, 1.807) is 4.15 Å². The van der Waals surface area contributed by atoms with Crippen LogP contribution in [0.15, 0.2) is 4.15 Å². The molecule has 0 amide bonds. The summed E-state index contributed by atoms with van der Waals surface area (Å²) < 4.78 is 56.0. The predicted octanol–water partition coefficient (Wildman–Crippen LogP) is 0.964. The number of hydrogen-bond donors (Lipinski definition) is 2. The number of nitrogens with zero attached hydrogens (tertiary/aromatic N) is 1. The lowest BCUT2D eigenvalue weighted by atomic mass is 11.6. The molecule has 1 radical (unpaired) electrons. The molecule has 5 nitrogen and oxygen atoms in total. The summed E-state index contributed by atoms with van der Waals surface area (Å²) in [4.78, 5) is 16.3. The fourth-order valence-corrected chi connectivity index (χ4v) is 2.47. The summed E-state index contributed by atoms with van der Waals surface area (Å²) in [7, 11) is -5.89. The molecule has 0 rings (SSSR count). The van der Waals surface area contributed by atoms with Crippen molar-refractivity contribution >= 4 is 29.0 Å². The van der Waals surface area contributed by atoms with Gasteiger partial charge in [0.2, 0.25) is 0 Å². The summed E-state index contributed by atoms with van der Waals surface area (Å²) in [6.45, 7) is -4.73. The maximum atomic E-state index is 11.4. The Morgan fingerprint density at radius 1 is 1.33 bits per heavy atom. The molecule has 12 heavy (non-hydrogen) atoms. The summed E-state index contributed by atoms with van der Waals surface area (Å²) in [5.41, 5.74) is -5.65. The molecule has 0 saturated carbocycles. The van der Waals surface area contributed by atoms with E-state index in [0.29, 0.717) is 0 Å². The highest BCUT2D eigenvalue weighted by Crippen LogP contribution is 2.47. The van der Waals surface area contributed by atoms with Gasteiger partial charge in [-0.15, -0.1) is 4.15 Å². The van der Waals surface area contributed by atoms with Crippen molar-refractivity contribution in [3.05, 3.63) is 0 Å². The Kier molecular flexibility index (Phi) is 3.25. The fraction of sp³-hybridized carbons (Fsp3) is 1.00. The van der Waals surface area contributed by atoms with Crippen LogP contribution in [0.4, 0.5) is 13.2 Å². The van der Waals surface area contributed by atoms with Gasteiger partial charge in [-0.1, -0.05) is 0 Å². The van der Waals surface area contributed by atoms with Gasteiger partial charge in [-0.05, 0) is 0 Å². The van der Waals surface area contributed by atoms with Gasteiger partial charge in [0.25, 0.3) is 6.71 Å². The summed E-state index contributed by atoms with van der Waals surface area (Å²) in [5.74, 6) is 0. The normalized spacial score (nSPS) is 14.5. The smallest absolute Gasteiger partial charge is 0.331 e. The largest absolute Gasteiger partial charge is 0.518 e. The summed E-state index contributed by atoms with van der Waals surface area (Å²) in [5, 5.41) is 0. The summed E-state index contributed by atoms with van der Waals surface area (Å²) in [6.07, 6.45) is 0. The molecule has 0 aromatic carbocycles. The highest BCUT2D eigenvalue weighted by atomic mass is 32.7. The maximum Gasteiger partial charge on any atom is 0.518 e. The van der Waals surface area contributed by atoms with Gasteiger partial charge in [-0.25, -0.2) is 0 Å². The van der Waals surface area contributed by atoms with Crippen LogP contribution in [0.25, 0.3) is 0 Å². The van der Waals surface area contributed by atoms with Crippen molar-refractivity contribution in [1.82, 2.24) is 0 Å². The van der Waals surface area contributed by atoms with E-state index in [1.165, 1.54) is 0 Å². The zero-order valence-electron chi connectivity index (χ0n) is 5.06. The van der Waals surface area contributed by atoms with Gasteiger partial charge in [0.15, 0.2) is 0 Å². The highest BCUT2D eigenvalue weighted by molar-refractivity contribution is 8.45. The predicted molar refractivity (Wildman–Crippen MR) is 36.4 cm³/mol. The average Bonchev–Trinajstić information content (AvgIpc) is 1.52. The second-order valence-electron chi connectivity index (χ2n) is 1.52. The lowest BCUT2D eigenvalue weighted by Crippen LogP contribution is -2.20. The number of rotatable bonds is 1. The summed E-state index contributed by atoms with van der Waals surface area (Å²) >= 11 is 3.58. The molecule has 0 aliphatic carbocycles. The molecule has 0 saturated heterocycles.